The number of benzene rings is 1. The Balaban J connectivity index is 1.97. The molecule has 0 unspecified atom stereocenters. The molecule has 1 aromatic carbocycles. The molecule has 4 aromatic rings. The summed E-state index contributed by atoms with van der Waals surface area (Å²) in [5.74, 6) is 0.432. The number of halogens is 3. The van der Waals surface area contributed by atoms with Crippen molar-refractivity contribution >= 4 is 10.9 Å². The molecule has 0 radical (unpaired) electrons. The van der Waals surface area contributed by atoms with Crippen LogP contribution < -0.4 is 10.3 Å². The second-order valence-corrected chi connectivity index (χ2v) is 8.43. The molecule has 7 nitrogen and oxygen atoms in total. The number of hydrogen-bond donors (Lipinski definition) is 0. The molecular formula is C24H23F3N4O3. The monoisotopic (exact) mass is 472 g/mol. The van der Waals surface area contributed by atoms with E-state index >= 15 is 0 Å². The van der Waals surface area contributed by atoms with Gasteiger partial charge in [-0.15, -0.1) is 13.2 Å². The predicted molar refractivity (Wildman–Crippen MR) is 120 cm³/mol. The van der Waals surface area contributed by atoms with Gasteiger partial charge in [-0.25, -0.2) is 9.97 Å². The van der Waals surface area contributed by atoms with E-state index in [-0.39, 0.29) is 29.1 Å². The van der Waals surface area contributed by atoms with Crippen molar-refractivity contribution in [3.8, 4) is 16.9 Å². The summed E-state index contributed by atoms with van der Waals surface area (Å²) in [6.45, 7) is 8.86. The zero-order chi connectivity index (χ0) is 24.8. The van der Waals surface area contributed by atoms with Crippen LogP contribution in [0.1, 0.15) is 48.3 Å². The fraction of sp³-hybridized carbons (Fsp3) is 0.333. The Labute approximate surface area is 193 Å². The van der Waals surface area contributed by atoms with Crippen molar-refractivity contribution in [2.45, 2.75) is 53.4 Å². The number of aryl methyl sites for hydroxylation is 3. The van der Waals surface area contributed by atoms with Crippen LogP contribution in [0.25, 0.3) is 22.0 Å². The first kappa shape index (κ1) is 23.5. The number of pyridine rings is 1. The van der Waals surface area contributed by atoms with E-state index in [0.717, 1.165) is 5.69 Å². The van der Waals surface area contributed by atoms with E-state index in [9.17, 15) is 18.0 Å². The number of ether oxygens (including phenoxy) is 1. The van der Waals surface area contributed by atoms with E-state index in [1.807, 2.05) is 13.8 Å². The van der Waals surface area contributed by atoms with E-state index in [0.29, 0.717) is 33.8 Å². The second-order valence-electron chi connectivity index (χ2n) is 8.43. The molecule has 34 heavy (non-hydrogen) atoms. The standard InChI is InChI=1S/C24H23F3N4O3/c1-12(2)18-6-7-28-21(29-18)11-31-19-10-20(33-24(25,26)27)17(22-14(4)30-34-15(22)5)9-16(19)8-13(3)23(31)32/h6-10,12H,11H2,1-5H3. The average molecular weight is 472 g/mol. The van der Waals surface area contributed by atoms with Gasteiger partial charge in [-0.2, -0.15) is 0 Å². The Kier molecular flexibility index (Phi) is 5.93. The third-order valence-corrected chi connectivity index (χ3v) is 5.52. The Bertz CT molecular complexity index is 1420. The first-order valence-corrected chi connectivity index (χ1v) is 10.6. The lowest BCUT2D eigenvalue weighted by Gasteiger charge is -2.17. The van der Waals surface area contributed by atoms with Crippen molar-refractivity contribution in [3.63, 3.8) is 0 Å². The summed E-state index contributed by atoms with van der Waals surface area (Å²) < 4.78 is 50.9. The Morgan fingerprint density at radius 3 is 2.50 bits per heavy atom. The lowest BCUT2D eigenvalue weighted by molar-refractivity contribution is -0.274. The van der Waals surface area contributed by atoms with E-state index in [1.54, 1.807) is 45.2 Å². The number of rotatable bonds is 5. The highest BCUT2D eigenvalue weighted by Crippen LogP contribution is 2.40. The van der Waals surface area contributed by atoms with Crippen LogP contribution in [0, 0.1) is 20.8 Å². The molecule has 10 heteroatoms. The molecule has 0 aliphatic carbocycles. The lowest BCUT2D eigenvalue weighted by Crippen LogP contribution is -2.24. The summed E-state index contributed by atoms with van der Waals surface area (Å²) >= 11 is 0. The molecule has 0 aliphatic rings. The Morgan fingerprint density at radius 2 is 1.88 bits per heavy atom. The first-order valence-electron chi connectivity index (χ1n) is 10.6. The fourth-order valence-electron chi connectivity index (χ4n) is 3.94. The van der Waals surface area contributed by atoms with Gasteiger partial charge >= 0.3 is 6.36 Å². The van der Waals surface area contributed by atoms with Crippen LogP contribution in [-0.2, 0) is 6.54 Å². The molecule has 0 atom stereocenters. The largest absolute Gasteiger partial charge is 0.573 e. The molecule has 0 bridgehead atoms. The molecule has 0 saturated heterocycles. The smallest absolute Gasteiger partial charge is 0.405 e. The summed E-state index contributed by atoms with van der Waals surface area (Å²) in [5.41, 5.74) is 2.15. The van der Waals surface area contributed by atoms with Crippen LogP contribution >= 0.6 is 0 Å². The zero-order valence-corrected chi connectivity index (χ0v) is 19.3. The van der Waals surface area contributed by atoms with Crippen molar-refractivity contribution in [2.24, 2.45) is 0 Å². The van der Waals surface area contributed by atoms with Gasteiger partial charge in [0.1, 0.15) is 17.3 Å². The minimum absolute atomic E-state index is 0.00625. The van der Waals surface area contributed by atoms with Gasteiger partial charge in [-0.3, -0.25) is 4.79 Å². The van der Waals surface area contributed by atoms with Crippen LogP contribution in [-0.4, -0.2) is 26.1 Å². The maximum atomic E-state index is 13.3. The van der Waals surface area contributed by atoms with E-state index in [4.69, 9.17) is 4.52 Å². The minimum Gasteiger partial charge on any atom is -0.405 e. The van der Waals surface area contributed by atoms with Crippen molar-refractivity contribution in [1.82, 2.24) is 19.7 Å². The Hall–Kier alpha value is -3.69. The molecule has 178 valence electrons. The quantitative estimate of drug-likeness (QED) is 0.385. The van der Waals surface area contributed by atoms with Crippen molar-refractivity contribution < 1.29 is 22.4 Å². The summed E-state index contributed by atoms with van der Waals surface area (Å²) in [6, 6.07) is 6.20. The summed E-state index contributed by atoms with van der Waals surface area (Å²) in [6.07, 6.45) is -3.33. The highest BCUT2D eigenvalue weighted by atomic mass is 19.4. The van der Waals surface area contributed by atoms with Crippen LogP contribution in [0.15, 0.2) is 39.8 Å². The Morgan fingerprint density at radius 1 is 1.15 bits per heavy atom. The molecular weight excluding hydrogens is 449 g/mol. The third kappa shape index (κ3) is 4.52. The van der Waals surface area contributed by atoms with E-state index in [1.165, 1.54) is 10.6 Å². The van der Waals surface area contributed by atoms with E-state index < -0.39 is 12.1 Å². The lowest BCUT2D eigenvalue weighted by atomic mass is 9.99. The minimum atomic E-state index is -4.94. The van der Waals surface area contributed by atoms with Crippen molar-refractivity contribution in [1.29, 1.82) is 0 Å². The molecule has 0 saturated carbocycles. The second kappa shape index (κ2) is 8.58. The molecule has 4 rings (SSSR count). The summed E-state index contributed by atoms with van der Waals surface area (Å²) in [7, 11) is 0. The highest BCUT2D eigenvalue weighted by molar-refractivity contribution is 5.90. The SMILES string of the molecule is Cc1noc(C)c1-c1cc2cc(C)c(=O)n(Cc3nccc(C(C)C)n3)c2cc1OC(F)(F)F. The van der Waals surface area contributed by atoms with Crippen LogP contribution in [0.5, 0.6) is 5.75 Å². The molecule has 0 spiro atoms. The molecule has 0 aliphatic heterocycles. The van der Waals surface area contributed by atoms with Gasteiger partial charge in [0.05, 0.1) is 23.3 Å². The highest BCUT2D eigenvalue weighted by Gasteiger charge is 2.33. The van der Waals surface area contributed by atoms with Gasteiger partial charge in [0.25, 0.3) is 5.56 Å². The average Bonchev–Trinajstić information content (AvgIpc) is 3.08. The third-order valence-electron chi connectivity index (χ3n) is 5.52. The van der Waals surface area contributed by atoms with Crippen molar-refractivity contribution in [3.05, 3.63) is 69.4 Å². The van der Waals surface area contributed by atoms with Crippen LogP contribution in [0.4, 0.5) is 13.2 Å². The van der Waals surface area contributed by atoms with Gasteiger partial charge in [-0.1, -0.05) is 19.0 Å². The van der Waals surface area contributed by atoms with Crippen molar-refractivity contribution in [2.75, 3.05) is 0 Å². The summed E-state index contributed by atoms with van der Waals surface area (Å²) in [5, 5.41) is 4.41. The fourth-order valence-corrected chi connectivity index (χ4v) is 3.94. The molecule has 0 N–H and O–H groups in total. The van der Waals surface area contributed by atoms with Gasteiger partial charge in [0.15, 0.2) is 0 Å². The molecule has 0 amide bonds. The molecule has 0 fully saturated rings. The topological polar surface area (TPSA) is 83.0 Å². The normalized spacial score (nSPS) is 12.0. The van der Waals surface area contributed by atoms with Gasteiger partial charge in [0.2, 0.25) is 0 Å². The van der Waals surface area contributed by atoms with Gasteiger partial charge in [-0.05, 0) is 50.3 Å². The number of fused-ring (bicyclic) bond motifs is 1. The number of alkyl halides is 3. The van der Waals surface area contributed by atoms with Crippen LogP contribution in [0.2, 0.25) is 0 Å². The zero-order valence-electron chi connectivity index (χ0n) is 19.3. The number of aromatic nitrogens is 4. The number of hydrogen-bond acceptors (Lipinski definition) is 6. The first-order chi connectivity index (χ1) is 15.9. The maximum absolute atomic E-state index is 13.3. The summed E-state index contributed by atoms with van der Waals surface area (Å²) in [4.78, 5) is 21.8. The molecule has 3 aromatic heterocycles. The van der Waals surface area contributed by atoms with Gasteiger partial charge in [0, 0.05) is 29.1 Å². The molecule has 3 heterocycles. The maximum Gasteiger partial charge on any atom is 0.573 e. The predicted octanol–water partition coefficient (Wildman–Crippen LogP) is 5.44. The van der Waals surface area contributed by atoms with E-state index in [2.05, 4.69) is 19.9 Å². The van der Waals surface area contributed by atoms with Gasteiger partial charge < -0.3 is 13.8 Å². The number of nitrogens with zero attached hydrogens (tertiary/aromatic N) is 4. The van der Waals surface area contributed by atoms with Crippen LogP contribution in [0.3, 0.4) is 0 Å².